The predicted molar refractivity (Wildman–Crippen MR) is 57.7 cm³/mol. The summed E-state index contributed by atoms with van der Waals surface area (Å²) in [6.07, 6.45) is -14.3. The van der Waals surface area contributed by atoms with Crippen molar-refractivity contribution in [2.24, 2.45) is 0 Å². The monoisotopic (exact) mass is 298 g/mol. The Balaban J connectivity index is 1.99. The van der Waals surface area contributed by atoms with Gasteiger partial charge in [-0.3, -0.25) is 0 Å². The lowest BCUT2D eigenvalue weighted by Gasteiger charge is -2.42. The second-order valence-corrected chi connectivity index (χ2v) is 4.75. The Labute approximate surface area is 113 Å². The van der Waals surface area contributed by atoms with E-state index in [-0.39, 0.29) is 6.61 Å². The van der Waals surface area contributed by atoms with Crippen LogP contribution >= 0.6 is 0 Å². The Hall–Kier alpha value is -0.400. The first-order chi connectivity index (χ1) is 9.32. The lowest BCUT2D eigenvalue weighted by molar-refractivity contribution is -0.365. The SMILES string of the molecule is O[C@@H]1[C@@H](O)[C@H](O[C@@H]2CO[C@@H](O)[C@H](O)[C@H]2O)O[C@H](O)[C@H]1O. The van der Waals surface area contributed by atoms with E-state index in [4.69, 9.17) is 19.3 Å². The van der Waals surface area contributed by atoms with E-state index in [9.17, 15) is 30.6 Å². The molecule has 2 fully saturated rings. The summed E-state index contributed by atoms with van der Waals surface area (Å²) in [7, 11) is 0. The molecule has 2 saturated heterocycles. The van der Waals surface area contributed by atoms with Crippen LogP contribution in [0.15, 0.2) is 0 Å². The fourth-order valence-corrected chi connectivity index (χ4v) is 2.01. The summed E-state index contributed by atoms with van der Waals surface area (Å²) in [6.45, 7) is -0.305. The number of hydrogen-bond donors (Lipinski definition) is 7. The molecule has 118 valence electrons. The van der Waals surface area contributed by atoms with Crippen molar-refractivity contribution in [2.75, 3.05) is 6.61 Å². The molecule has 0 amide bonds. The van der Waals surface area contributed by atoms with E-state index in [1.165, 1.54) is 0 Å². The average molecular weight is 298 g/mol. The van der Waals surface area contributed by atoms with Crippen molar-refractivity contribution in [1.29, 1.82) is 0 Å². The molecule has 9 atom stereocenters. The third-order valence-corrected chi connectivity index (χ3v) is 3.31. The van der Waals surface area contributed by atoms with Crippen LogP contribution in [-0.2, 0) is 14.2 Å². The molecule has 7 N–H and O–H groups in total. The van der Waals surface area contributed by atoms with E-state index in [1.54, 1.807) is 0 Å². The molecular formula is C10H18O10. The van der Waals surface area contributed by atoms with Crippen LogP contribution in [0.2, 0.25) is 0 Å². The Morgan fingerprint density at radius 1 is 0.700 bits per heavy atom. The molecule has 0 saturated carbocycles. The molecule has 2 aliphatic heterocycles. The fraction of sp³-hybridized carbons (Fsp3) is 1.00. The molecule has 0 unspecified atom stereocenters. The number of aliphatic hydroxyl groups excluding tert-OH is 7. The molecule has 0 spiro atoms. The summed E-state index contributed by atoms with van der Waals surface area (Å²) in [5.74, 6) is 0. The number of aliphatic hydroxyl groups is 7. The van der Waals surface area contributed by atoms with Crippen molar-refractivity contribution < 1.29 is 50.0 Å². The van der Waals surface area contributed by atoms with E-state index in [1.807, 2.05) is 0 Å². The highest BCUT2D eigenvalue weighted by atomic mass is 16.8. The second kappa shape index (κ2) is 6.15. The van der Waals surface area contributed by atoms with Crippen LogP contribution in [-0.4, -0.2) is 97.8 Å². The molecule has 10 heteroatoms. The van der Waals surface area contributed by atoms with Crippen LogP contribution in [0.25, 0.3) is 0 Å². The molecule has 0 bridgehead atoms. The molecule has 0 radical (unpaired) electrons. The summed E-state index contributed by atoms with van der Waals surface area (Å²) in [5.41, 5.74) is 0. The van der Waals surface area contributed by atoms with Crippen LogP contribution in [0.3, 0.4) is 0 Å². The second-order valence-electron chi connectivity index (χ2n) is 4.75. The van der Waals surface area contributed by atoms with Crippen molar-refractivity contribution >= 4 is 0 Å². The van der Waals surface area contributed by atoms with Crippen LogP contribution in [0.5, 0.6) is 0 Å². The molecule has 0 aromatic carbocycles. The van der Waals surface area contributed by atoms with Crippen molar-refractivity contribution in [3.8, 4) is 0 Å². The molecular weight excluding hydrogens is 280 g/mol. The lowest BCUT2D eigenvalue weighted by Crippen LogP contribution is -2.61. The smallest absolute Gasteiger partial charge is 0.189 e. The minimum Gasteiger partial charge on any atom is -0.387 e. The van der Waals surface area contributed by atoms with Gasteiger partial charge in [0.05, 0.1) is 6.61 Å². The first kappa shape index (κ1) is 16.0. The quantitative estimate of drug-likeness (QED) is 0.262. The predicted octanol–water partition coefficient (Wildman–Crippen LogP) is -4.80. The Morgan fingerprint density at radius 2 is 1.30 bits per heavy atom. The lowest BCUT2D eigenvalue weighted by atomic mass is 10.0. The number of hydrogen-bond acceptors (Lipinski definition) is 10. The highest BCUT2D eigenvalue weighted by Gasteiger charge is 2.47. The van der Waals surface area contributed by atoms with Crippen molar-refractivity contribution in [1.82, 2.24) is 0 Å². The van der Waals surface area contributed by atoms with Gasteiger partial charge in [-0.1, -0.05) is 0 Å². The molecule has 2 rings (SSSR count). The van der Waals surface area contributed by atoms with Gasteiger partial charge in [0.1, 0.15) is 36.6 Å². The summed E-state index contributed by atoms with van der Waals surface area (Å²) in [5, 5.41) is 66.0. The summed E-state index contributed by atoms with van der Waals surface area (Å²) in [4.78, 5) is 0. The van der Waals surface area contributed by atoms with Crippen LogP contribution in [0.4, 0.5) is 0 Å². The number of rotatable bonds is 2. The van der Waals surface area contributed by atoms with E-state index < -0.39 is 55.5 Å². The third-order valence-electron chi connectivity index (χ3n) is 3.31. The highest BCUT2D eigenvalue weighted by Crippen LogP contribution is 2.25. The van der Waals surface area contributed by atoms with E-state index in [0.29, 0.717) is 0 Å². The van der Waals surface area contributed by atoms with Gasteiger partial charge >= 0.3 is 0 Å². The normalized spacial score (nSPS) is 53.9. The minimum atomic E-state index is -1.78. The van der Waals surface area contributed by atoms with Gasteiger partial charge in [-0.15, -0.1) is 0 Å². The van der Waals surface area contributed by atoms with Crippen LogP contribution in [0, 0.1) is 0 Å². The Kier molecular flexibility index (Phi) is 4.92. The molecule has 2 aliphatic rings. The molecule has 20 heavy (non-hydrogen) atoms. The average Bonchev–Trinajstić information content (AvgIpc) is 2.42. The van der Waals surface area contributed by atoms with Gasteiger partial charge in [0.25, 0.3) is 0 Å². The van der Waals surface area contributed by atoms with Gasteiger partial charge in [0, 0.05) is 0 Å². The van der Waals surface area contributed by atoms with Gasteiger partial charge < -0.3 is 50.0 Å². The first-order valence-corrected chi connectivity index (χ1v) is 6.02. The topological polar surface area (TPSA) is 169 Å². The molecule has 0 aliphatic carbocycles. The zero-order chi connectivity index (χ0) is 15.0. The summed E-state index contributed by atoms with van der Waals surface area (Å²) in [6, 6.07) is 0. The van der Waals surface area contributed by atoms with Crippen LogP contribution < -0.4 is 0 Å². The van der Waals surface area contributed by atoms with Gasteiger partial charge in [0.15, 0.2) is 18.9 Å². The van der Waals surface area contributed by atoms with Crippen molar-refractivity contribution in [3.63, 3.8) is 0 Å². The zero-order valence-corrected chi connectivity index (χ0v) is 10.3. The van der Waals surface area contributed by atoms with Gasteiger partial charge in [0.2, 0.25) is 0 Å². The van der Waals surface area contributed by atoms with Crippen LogP contribution in [0.1, 0.15) is 0 Å². The standard InChI is InChI=1S/C10H18O10/c11-3-2(1-18-8(16)5(3)13)19-10-7(15)4(12)6(14)9(17)20-10/h2-17H,1H2/t2-,3+,4+,5-,6+,7-,8-,9+,10-/m1/s1. The highest BCUT2D eigenvalue weighted by molar-refractivity contribution is 4.88. The Bertz CT molecular complexity index is 327. The van der Waals surface area contributed by atoms with E-state index >= 15 is 0 Å². The third kappa shape index (κ3) is 2.94. The van der Waals surface area contributed by atoms with Gasteiger partial charge in [-0.2, -0.15) is 0 Å². The van der Waals surface area contributed by atoms with Gasteiger partial charge in [-0.25, -0.2) is 0 Å². The number of ether oxygens (including phenoxy) is 3. The van der Waals surface area contributed by atoms with Crippen molar-refractivity contribution in [2.45, 2.75) is 55.5 Å². The largest absolute Gasteiger partial charge is 0.387 e. The summed E-state index contributed by atoms with van der Waals surface area (Å²) >= 11 is 0. The Morgan fingerprint density at radius 3 is 1.95 bits per heavy atom. The minimum absolute atomic E-state index is 0.305. The maximum Gasteiger partial charge on any atom is 0.189 e. The van der Waals surface area contributed by atoms with Crippen molar-refractivity contribution in [3.05, 3.63) is 0 Å². The fourth-order valence-electron chi connectivity index (χ4n) is 2.01. The van der Waals surface area contributed by atoms with E-state index in [2.05, 4.69) is 0 Å². The molecule has 0 aromatic heterocycles. The maximum atomic E-state index is 9.68. The maximum absolute atomic E-state index is 9.68. The van der Waals surface area contributed by atoms with E-state index in [0.717, 1.165) is 0 Å². The zero-order valence-electron chi connectivity index (χ0n) is 10.3. The molecule has 10 nitrogen and oxygen atoms in total. The molecule has 0 aromatic rings. The summed E-state index contributed by atoms with van der Waals surface area (Å²) < 4.78 is 14.6. The van der Waals surface area contributed by atoms with Gasteiger partial charge in [-0.05, 0) is 0 Å². The first-order valence-electron chi connectivity index (χ1n) is 6.02. The molecule has 2 heterocycles.